The molecule has 0 radical (unpaired) electrons. The molecule has 0 saturated carbocycles. The van der Waals surface area contributed by atoms with Crippen molar-refractivity contribution < 1.29 is 75.8 Å². The Kier molecular flexibility index (Phi) is 68.3. The Labute approximate surface area is 588 Å². The minimum absolute atomic E-state index is 0.0697. The smallest absolute Gasteiger partial charge is 0.463 e. The Hall–Kier alpha value is -4.31. The predicted molar refractivity (Wildman–Crippen MR) is 399 cm³/mol. The van der Waals surface area contributed by atoms with Gasteiger partial charge in [-0.1, -0.05) is 264 Å². The van der Waals surface area contributed by atoms with E-state index in [1.807, 2.05) is 0 Å². The molecule has 0 aromatic carbocycles. The van der Waals surface area contributed by atoms with Crippen LogP contribution in [0.25, 0.3) is 0 Å². The molecule has 0 aliphatic heterocycles. The van der Waals surface area contributed by atoms with Crippen LogP contribution in [0, 0.1) is 0 Å². The molecule has 18 heteroatoms. The van der Waals surface area contributed by atoms with Crippen LogP contribution in [0.15, 0.2) is 134 Å². The van der Waals surface area contributed by atoms with E-state index in [0.717, 1.165) is 161 Å². The molecule has 0 amide bonds. The summed E-state index contributed by atoms with van der Waals surface area (Å²) in [5.41, 5.74) is 0. The van der Waals surface area contributed by atoms with Gasteiger partial charge in [0, 0.05) is 19.3 Å². The van der Waals surface area contributed by atoms with Crippen LogP contribution in [0.4, 0.5) is 0 Å². The lowest BCUT2D eigenvalue weighted by Crippen LogP contribution is -2.30. The van der Waals surface area contributed by atoms with Crippen LogP contribution in [0.1, 0.15) is 290 Å². The number of aliphatic hydroxyl groups is 2. The Bertz CT molecular complexity index is 2300. The normalized spacial score (nSPS) is 14.8. The maximum atomic E-state index is 13.0. The van der Waals surface area contributed by atoms with Crippen LogP contribution in [0.2, 0.25) is 0 Å². The van der Waals surface area contributed by atoms with Crippen LogP contribution in [0.3, 0.4) is 0 Å². The first-order chi connectivity index (χ1) is 47.2. The van der Waals surface area contributed by atoms with Gasteiger partial charge in [-0.2, -0.15) is 0 Å². The van der Waals surface area contributed by atoms with E-state index in [9.17, 15) is 43.5 Å². The van der Waals surface area contributed by atoms with Gasteiger partial charge in [-0.05, 0) is 141 Å². The third-order valence-electron chi connectivity index (χ3n) is 15.3. The Morgan fingerprint density at radius 3 is 0.866 bits per heavy atom. The molecule has 0 bridgehead atoms. The minimum atomic E-state index is -4.94. The van der Waals surface area contributed by atoms with Gasteiger partial charge in [0.15, 0.2) is 6.10 Å². The number of hydrogen-bond acceptors (Lipinski definition) is 14. The molecule has 0 aromatic rings. The molecule has 16 nitrogen and oxygen atoms in total. The molecular weight excluding hydrogens is 1270 g/mol. The summed E-state index contributed by atoms with van der Waals surface area (Å²) in [5, 5.41) is 20.6. The number of ether oxygens (including phenoxy) is 3. The third-order valence-corrected chi connectivity index (χ3v) is 17.2. The van der Waals surface area contributed by atoms with Crippen LogP contribution < -0.4 is 0 Å². The number of allylic oxidation sites excluding steroid dienone is 22. The summed E-state index contributed by atoms with van der Waals surface area (Å²) in [6, 6.07) is 0. The van der Waals surface area contributed by atoms with Gasteiger partial charge in [0.2, 0.25) is 0 Å². The molecule has 0 spiro atoms. The standard InChI is InChI=1S/C79H134O16P2/c1-4-7-10-13-16-19-22-25-28-31-33-34-35-36-37-38-40-43-44-47-50-53-56-59-62-65-77(82)89-68-74(80)69-91-96(85,86)92-70-75(81)71-93-97(87,88)94-73-76(95-79(84)67-64-61-58-55-52-49-46-41-30-27-24-21-18-15-12-9-6-3)72-90-78(83)66-63-60-57-54-51-48-45-42-39-32-29-26-23-20-17-14-11-8-5-2/h9,12,16-21,25-30,33-34,36-37,39,42,46,49,74-76,80-81H,4-8,10-11,13-15,22-24,31-32,35,38,40-41,43-45,47-48,50-73H2,1-3H3,(H,85,86)(H,87,88)/b12-9-,19-16-,20-17-,21-18-,28-25-,29-26-,30-27-,34-33-,37-36-,42-39-,49-46-. The molecule has 0 rings (SSSR count). The molecule has 5 unspecified atom stereocenters. The highest BCUT2D eigenvalue weighted by atomic mass is 31.2. The second-order valence-corrected chi connectivity index (χ2v) is 27.6. The van der Waals surface area contributed by atoms with Crippen molar-refractivity contribution >= 4 is 33.6 Å². The van der Waals surface area contributed by atoms with Crippen molar-refractivity contribution in [3.05, 3.63) is 134 Å². The highest BCUT2D eigenvalue weighted by Crippen LogP contribution is 2.45. The molecule has 0 aliphatic rings. The second kappa shape index (κ2) is 71.5. The summed E-state index contributed by atoms with van der Waals surface area (Å²) in [7, 11) is -9.81. The molecule has 556 valence electrons. The molecule has 0 aromatic heterocycles. The van der Waals surface area contributed by atoms with Gasteiger partial charge in [-0.3, -0.25) is 32.5 Å². The number of rotatable bonds is 70. The highest BCUT2D eigenvalue weighted by Gasteiger charge is 2.29. The van der Waals surface area contributed by atoms with Crippen LogP contribution in [-0.4, -0.2) is 95.9 Å². The first kappa shape index (κ1) is 92.7. The lowest BCUT2D eigenvalue weighted by molar-refractivity contribution is -0.161. The monoisotopic (exact) mass is 1400 g/mol. The third kappa shape index (κ3) is 72.8. The molecule has 97 heavy (non-hydrogen) atoms. The van der Waals surface area contributed by atoms with Crippen molar-refractivity contribution in [3.8, 4) is 0 Å². The molecule has 0 aliphatic carbocycles. The molecule has 0 saturated heterocycles. The number of unbranched alkanes of at least 4 members (excludes halogenated alkanes) is 25. The zero-order valence-electron chi connectivity index (χ0n) is 60.5. The van der Waals surface area contributed by atoms with E-state index >= 15 is 0 Å². The second-order valence-electron chi connectivity index (χ2n) is 24.7. The molecule has 4 N–H and O–H groups in total. The fourth-order valence-corrected chi connectivity index (χ4v) is 11.2. The number of aliphatic hydroxyl groups excluding tert-OH is 2. The van der Waals surface area contributed by atoms with Crippen molar-refractivity contribution in [2.45, 2.75) is 309 Å². The van der Waals surface area contributed by atoms with Gasteiger partial charge in [0.05, 0.1) is 26.4 Å². The van der Waals surface area contributed by atoms with Crippen LogP contribution >= 0.6 is 15.6 Å². The minimum Gasteiger partial charge on any atom is -0.463 e. The van der Waals surface area contributed by atoms with Crippen molar-refractivity contribution in [1.29, 1.82) is 0 Å². The number of carbonyl (C=O) groups excluding carboxylic acids is 3. The highest BCUT2D eigenvalue weighted by molar-refractivity contribution is 7.47. The lowest BCUT2D eigenvalue weighted by Gasteiger charge is -2.21. The van der Waals surface area contributed by atoms with Crippen LogP contribution in [0.5, 0.6) is 0 Å². The summed E-state index contributed by atoms with van der Waals surface area (Å²) in [5.74, 6) is -1.63. The van der Waals surface area contributed by atoms with Crippen LogP contribution in [-0.2, 0) is 55.8 Å². The van der Waals surface area contributed by atoms with Crippen molar-refractivity contribution in [2.75, 3.05) is 39.6 Å². The van der Waals surface area contributed by atoms with E-state index in [2.05, 4.69) is 154 Å². The fraction of sp³-hybridized carbons (Fsp3) is 0.684. The first-order valence-electron chi connectivity index (χ1n) is 37.5. The zero-order chi connectivity index (χ0) is 70.9. The largest absolute Gasteiger partial charge is 0.472 e. The summed E-state index contributed by atoms with van der Waals surface area (Å²) >= 11 is 0. The van der Waals surface area contributed by atoms with Crippen molar-refractivity contribution in [2.24, 2.45) is 0 Å². The van der Waals surface area contributed by atoms with Gasteiger partial charge in [0.1, 0.15) is 25.4 Å². The Morgan fingerprint density at radius 1 is 0.299 bits per heavy atom. The van der Waals surface area contributed by atoms with Gasteiger partial charge >= 0.3 is 33.6 Å². The van der Waals surface area contributed by atoms with Gasteiger partial charge < -0.3 is 34.2 Å². The quantitative estimate of drug-likeness (QED) is 0.0146. The Balaban J connectivity index is 4.66. The maximum absolute atomic E-state index is 13.0. The lowest BCUT2D eigenvalue weighted by atomic mass is 10.1. The van der Waals surface area contributed by atoms with Gasteiger partial charge in [0.25, 0.3) is 0 Å². The summed E-state index contributed by atoms with van der Waals surface area (Å²) in [6.45, 7) is 2.45. The molecule has 0 heterocycles. The topological polar surface area (TPSA) is 231 Å². The van der Waals surface area contributed by atoms with Crippen molar-refractivity contribution in [3.63, 3.8) is 0 Å². The number of hydrogen-bond donors (Lipinski definition) is 4. The Morgan fingerprint density at radius 2 is 0.546 bits per heavy atom. The van der Waals surface area contributed by atoms with E-state index in [1.54, 1.807) is 0 Å². The number of phosphoric acid groups is 2. The van der Waals surface area contributed by atoms with E-state index in [1.165, 1.54) is 70.6 Å². The van der Waals surface area contributed by atoms with Crippen molar-refractivity contribution in [1.82, 2.24) is 0 Å². The first-order valence-corrected chi connectivity index (χ1v) is 40.5. The summed E-state index contributed by atoms with van der Waals surface area (Å²) in [4.78, 5) is 58.6. The summed E-state index contributed by atoms with van der Waals surface area (Å²) < 4.78 is 61.0. The zero-order valence-corrected chi connectivity index (χ0v) is 62.2. The van der Waals surface area contributed by atoms with E-state index < -0.39 is 91.5 Å². The average molecular weight is 1400 g/mol. The SMILES string of the molecule is CC/C=C\C/C=C\C/C=C\C/C=C\CCCCCCC(=O)OC(COC(=O)CCCCCCCC/C=C\C/C=C\C/C=C\CCCCC)COP(=O)(O)OCC(O)COP(=O)(O)OCC(O)COC(=O)CCCCCCCCCCC/C=C\C/C=C\C/C=C\C/C=C\CCCCC. The van der Waals surface area contributed by atoms with E-state index in [4.69, 9.17) is 32.3 Å². The number of carbonyl (C=O) groups is 3. The van der Waals surface area contributed by atoms with Gasteiger partial charge in [-0.15, -0.1) is 0 Å². The van der Waals surface area contributed by atoms with E-state index in [-0.39, 0.29) is 19.3 Å². The average Bonchev–Trinajstić information content (AvgIpc) is 1.36. The molecule has 5 atom stereocenters. The maximum Gasteiger partial charge on any atom is 0.472 e. The predicted octanol–water partition coefficient (Wildman–Crippen LogP) is 21.5. The molecular formula is C79H134O16P2. The summed E-state index contributed by atoms with van der Waals surface area (Å²) in [6.07, 6.45) is 84.9. The fourth-order valence-electron chi connectivity index (χ4n) is 9.61. The molecule has 0 fully saturated rings. The van der Waals surface area contributed by atoms with E-state index in [0.29, 0.717) is 19.3 Å². The number of esters is 3. The number of phosphoric ester groups is 2. The van der Waals surface area contributed by atoms with Gasteiger partial charge in [-0.25, -0.2) is 9.13 Å².